The van der Waals surface area contributed by atoms with E-state index in [0.717, 1.165) is 9.44 Å². The molecule has 0 radical (unpaired) electrons. The van der Waals surface area contributed by atoms with Crippen LogP contribution in [0.3, 0.4) is 0 Å². The van der Waals surface area contributed by atoms with E-state index >= 15 is 0 Å². The Hall–Kier alpha value is -4.05. The van der Waals surface area contributed by atoms with Crippen LogP contribution in [0, 0.1) is 0 Å². The van der Waals surface area contributed by atoms with Crippen LogP contribution in [0.5, 0.6) is 0 Å². The molecule has 0 fully saturated rings. The molecule has 9 nitrogen and oxygen atoms in total. The van der Waals surface area contributed by atoms with E-state index < -0.39 is 29.6 Å². The zero-order valence-corrected chi connectivity index (χ0v) is 19.4. The molecule has 0 spiro atoms. The topological polar surface area (TPSA) is 126 Å². The van der Waals surface area contributed by atoms with Crippen LogP contribution in [0.25, 0.3) is 21.5 Å². The molecule has 10 heteroatoms. The third-order valence-electron chi connectivity index (χ3n) is 5.35. The van der Waals surface area contributed by atoms with Crippen molar-refractivity contribution in [3.05, 3.63) is 79.8 Å². The quantitative estimate of drug-likeness (QED) is 0.320. The average Bonchev–Trinajstić information content (AvgIpc) is 3.38. The molecule has 1 aromatic carbocycles. The lowest BCUT2D eigenvalue weighted by Gasteiger charge is -2.14. The number of esters is 1. The predicted octanol–water partition coefficient (Wildman–Crippen LogP) is 2.86. The minimum absolute atomic E-state index is 0.231. The molecule has 4 aromatic rings. The molecule has 0 amide bonds. The molecular weight excluding hydrogens is 456 g/mol. The summed E-state index contributed by atoms with van der Waals surface area (Å²) in [5.41, 5.74) is 5.64. The monoisotopic (exact) mass is 478 g/mol. The van der Waals surface area contributed by atoms with Crippen molar-refractivity contribution in [3.8, 4) is 10.6 Å². The maximum atomic E-state index is 13.0. The molecular formula is C24H22N4O5S. The van der Waals surface area contributed by atoms with Crippen molar-refractivity contribution < 1.29 is 14.3 Å². The third kappa shape index (κ3) is 4.15. The van der Waals surface area contributed by atoms with Crippen LogP contribution in [0.1, 0.15) is 34.1 Å². The van der Waals surface area contributed by atoms with Gasteiger partial charge < -0.3 is 10.5 Å². The number of anilines is 1. The van der Waals surface area contributed by atoms with E-state index in [4.69, 9.17) is 10.5 Å². The molecule has 0 unspecified atom stereocenters. The maximum absolute atomic E-state index is 13.0. The van der Waals surface area contributed by atoms with Crippen LogP contribution in [0.2, 0.25) is 0 Å². The van der Waals surface area contributed by atoms with Crippen molar-refractivity contribution >= 4 is 39.8 Å². The summed E-state index contributed by atoms with van der Waals surface area (Å²) >= 11 is 1.48. The van der Waals surface area contributed by atoms with E-state index in [0.29, 0.717) is 23.0 Å². The van der Waals surface area contributed by atoms with Crippen molar-refractivity contribution in [1.29, 1.82) is 0 Å². The van der Waals surface area contributed by atoms with E-state index in [1.807, 2.05) is 30.5 Å². The minimum Gasteiger partial charge on any atom is -0.454 e. The highest BCUT2D eigenvalue weighted by Crippen LogP contribution is 2.28. The summed E-state index contributed by atoms with van der Waals surface area (Å²) in [4.78, 5) is 56.3. The SMILES string of the molecule is CCCn1c(N)c(C(=O)COC(=O)c2cc(-c3cccs3)nc3ccccc23)c(=O)n(C)c1=O. The van der Waals surface area contributed by atoms with Gasteiger partial charge in [-0.15, -0.1) is 11.3 Å². The zero-order valence-electron chi connectivity index (χ0n) is 18.6. The molecule has 174 valence electrons. The highest BCUT2D eigenvalue weighted by atomic mass is 32.1. The Morgan fingerprint density at radius 3 is 2.62 bits per heavy atom. The maximum Gasteiger partial charge on any atom is 0.339 e. The number of benzene rings is 1. The number of thiophene rings is 1. The zero-order chi connectivity index (χ0) is 24.4. The molecule has 3 aromatic heterocycles. The van der Waals surface area contributed by atoms with Gasteiger partial charge in [0.05, 0.1) is 21.7 Å². The smallest absolute Gasteiger partial charge is 0.339 e. The second-order valence-electron chi connectivity index (χ2n) is 7.61. The van der Waals surface area contributed by atoms with Crippen molar-refractivity contribution in [2.75, 3.05) is 12.3 Å². The van der Waals surface area contributed by atoms with Gasteiger partial charge in [0.15, 0.2) is 6.61 Å². The van der Waals surface area contributed by atoms with Gasteiger partial charge in [-0.1, -0.05) is 31.2 Å². The summed E-state index contributed by atoms with van der Waals surface area (Å²) in [6, 6.07) is 12.5. The van der Waals surface area contributed by atoms with Crippen LogP contribution < -0.4 is 17.0 Å². The molecule has 0 bridgehead atoms. The highest BCUT2D eigenvalue weighted by molar-refractivity contribution is 7.13. The highest BCUT2D eigenvalue weighted by Gasteiger charge is 2.23. The second kappa shape index (κ2) is 9.44. The Bertz CT molecular complexity index is 1520. The molecule has 0 atom stereocenters. The Morgan fingerprint density at radius 2 is 1.91 bits per heavy atom. The largest absolute Gasteiger partial charge is 0.454 e. The van der Waals surface area contributed by atoms with Crippen LogP contribution in [-0.2, 0) is 18.3 Å². The summed E-state index contributed by atoms with van der Waals surface area (Å²) in [6.07, 6.45) is 0.576. The lowest BCUT2D eigenvalue weighted by atomic mass is 10.1. The molecule has 0 aliphatic heterocycles. The molecule has 2 N–H and O–H groups in total. The van der Waals surface area contributed by atoms with Gasteiger partial charge in [0.25, 0.3) is 5.56 Å². The van der Waals surface area contributed by atoms with Gasteiger partial charge in [-0.2, -0.15) is 0 Å². The number of carbonyl (C=O) groups excluding carboxylic acids is 2. The number of hydrogen-bond donors (Lipinski definition) is 1. The number of carbonyl (C=O) groups is 2. The number of pyridine rings is 1. The number of nitrogens with zero attached hydrogens (tertiary/aromatic N) is 3. The van der Waals surface area contributed by atoms with Crippen molar-refractivity contribution in [3.63, 3.8) is 0 Å². The van der Waals surface area contributed by atoms with Crippen LogP contribution in [0.15, 0.2) is 57.4 Å². The predicted molar refractivity (Wildman–Crippen MR) is 130 cm³/mol. The van der Waals surface area contributed by atoms with Gasteiger partial charge in [0.2, 0.25) is 5.78 Å². The number of Topliss-reactive ketones (excluding diaryl/α,β-unsaturated/α-hetero) is 1. The lowest BCUT2D eigenvalue weighted by Crippen LogP contribution is -2.43. The van der Waals surface area contributed by atoms with Crippen molar-refractivity contribution in [1.82, 2.24) is 14.1 Å². The first-order valence-electron chi connectivity index (χ1n) is 10.6. The number of para-hydroxylation sites is 1. The average molecular weight is 479 g/mol. The number of hydrogen-bond acceptors (Lipinski definition) is 8. The number of aromatic nitrogens is 3. The van der Waals surface area contributed by atoms with Crippen LogP contribution in [0.4, 0.5) is 5.82 Å². The Labute approximate surface area is 198 Å². The number of nitrogen functional groups attached to an aromatic ring is 1. The first kappa shape index (κ1) is 23.1. The number of ether oxygens (including phenoxy) is 1. The van der Waals surface area contributed by atoms with E-state index in [1.165, 1.54) is 23.0 Å². The van der Waals surface area contributed by atoms with Crippen molar-refractivity contribution in [2.45, 2.75) is 19.9 Å². The third-order valence-corrected chi connectivity index (χ3v) is 6.25. The van der Waals surface area contributed by atoms with Crippen LogP contribution >= 0.6 is 11.3 Å². The van der Waals surface area contributed by atoms with Crippen molar-refractivity contribution in [2.24, 2.45) is 7.05 Å². The van der Waals surface area contributed by atoms with Gasteiger partial charge in [-0.25, -0.2) is 14.6 Å². The van der Waals surface area contributed by atoms with E-state index in [2.05, 4.69) is 4.98 Å². The van der Waals surface area contributed by atoms with Gasteiger partial charge >= 0.3 is 11.7 Å². The molecule has 34 heavy (non-hydrogen) atoms. The number of rotatable bonds is 7. The van der Waals surface area contributed by atoms with Gasteiger partial charge in [-0.3, -0.25) is 18.7 Å². The van der Waals surface area contributed by atoms with Crippen LogP contribution in [-0.4, -0.2) is 32.5 Å². The second-order valence-corrected chi connectivity index (χ2v) is 8.56. The summed E-state index contributed by atoms with van der Waals surface area (Å²) in [5.74, 6) is -1.75. The van der Waals surface area contributed by atoms with E-state index in [1.54, 1.807) is 24.3 Å². The van der Waals surface area contributed by atoms with Gasteiger partial charge in [0.1, 0.15) is 11.4 Å². The number of ketones is 1. The number of nitrogens with two attached hydrogens (primary N) is 1. The molecule has 3 heterocycles. The van der Waals surface area contributed by atoms with Gasteiger partial charge in [0, 0.05) is 19.0 Å². The fourth-order valence-corrected chi connectivity index (χ4v) is 4.35. The fourth-order valence-electron chi connectivity index (χ4n) is 3.66. The van der Waals surface area contributed by atoms with E-state index in [-0.39, 0.29) is 23.5 Å². The summed E-state index contributed by atoms with van der Waals surface area (Å²) in [7, 11) is 1.27. The molecule has 4 rings (SSSR count). The first-order valence-corrected chi connectivity index (χ1v) is 11.4. The number of fused-ring (bicyclic) bond motifs is 1. The van der Waals surface area contributed by atoms with E-state index in [9.17, 15) is 19.2 Å². The summed E-state index contributed by atoms with van der Waals surface area (Å²) in [5, 5.41) is 2.48. The normalized spacial score (nSPS) is 11.0. The van der Waals surface area contributed by atoms with Gasteiger partial charge in [-0.05, 0) is 30.0 Å². The lowest BCUT2D eigenvalue weighted by molar-refractivity contribution is 0.0476. The first-order chi connectivity index (χ1) is 16.3. The molecule has 0 saturated heterocycles. The molecule has 0 saturated carbocycles. The Kier molecular flexibility index (Phi) is 6.42. The fraction of sp³-hybridized carbons (Fsp3) is 0.208. The molecule has 0 aliphatic rings. The standard InChI is InChI=1S/C24H22N4O5S/c1-3-10-28-21(25)20(22(30)27(2)24(28)32)18(29)13-33-23(31)15-12-17(19-9-6-11-34-19)26-16-8-5-4-7-14(15)16/h4-9,11-12H,3,10,13,25H2,1-2H3. The summed E-state index contributed by atoms with van der Waals surface area (Å²) < 4.78 is 7.29. The summed E-state index contributed by atoms with van der Waals surface area (Å²) in [6.45, 7) is 1.38. The molecule has 0 aliphatic carbocycles. The Balaban J connectivity index is 1.66. The Morgan fingerprint density at radius 1 is 1.15 bits per heavy atom. The minimum atomic E-state index is -0.828.